The molecule has 1 spiro atoms. The SMILES string of the molecule is C=CC1(OC(=NC)N2CCC3(CC2)OCc2ccccc23)CC(OC(C)=O)C(OC(C)=O)C1. The fraction of sp³-hybridized carbons (Fsp3) is 0.560. The van der Waals surface area contributed by atoms with Crippen molar-refractivity contribution in [1.29, 1.82) is 0 Å². The average molecular weight is 457 g/mol. The van der Waals surface area contributed by atoms with Gasteiger partial charge >= 0.3 is 11.9 Å². The summed E-state index contributed by atoms with van der Waals surface area (Å²) >= 11 is 0. The van der Waals surface area contributed by atoms with E-state index in [2.05, 4.69) is 40.7 Å². The number of ether oxygens (including phenoxy) is 4. The first-order valence-corrected chi connectivity index (χ1v) is 11.4. The highest BCUT2D eigenvalue weighted by Crippen LogP contribution is 2.44. The number of carbonyl (C=O) groups is 2. The van der Waals surface area contributed by atoms with Crippen LogP contribution in [0.2, 0.25) is 0 Å². The van der Waals surface area contributed by atoms with E-state index in [9.17, 15) is 9.59 Å². The van der Waals surface area contributed by atoms with E-state index < -0.39 is 29.7 Å². The third kappa shape index (κ3) is 4.62. The van der Waals surface area contributed by atoms with E-state index in [1.54, 1.807) is 13.1 Å². The van der Waals surface area contributed by atoms with Crippen LogP contribution in [0.4, 0.5) is 0 Å². The molecule has 0 radical (unpaired) electrons. The standard InChI is InChI=1S/C25H32N2O6/c1-5-24(14-21(31-17(2)28)22(15-24)32-18(3)29)33-23(26-4)27-12-10-25(11-13-27)20-9-7-6-8-19(20)16-30-25/h5-9,21-22H,1,10-16H2,2-4H3. The lowest BCUT2D eigenvalue weighted by Gasteiger charge is -2.41. The van der Waals surface area contributed by atoms with Gasteiger partial charge < -0.3 is 23.8 Å². The van der Waals surface area contributed by atoms with E-state index in [0.717, 1.165) is 25.9 Å². The number of likely N-dealkylation sites (tertiary alicyclic amines) is 1. The second-order valence-corrected chi connectivity index (χ2v) is 9.01. The molecule has 0 amide bonds. The number of benzene rings is 1. The lowest BCUT2D eigenvalue weighted by molar-refractivity contribution is -0.162. The summed E-state index contributed by atoms with van der Waals surface area (Å²) in [5, 5.41) is 0. The van der Waals surface area contributed by atoms with Crippen molar-refractivity contribution in [3.05, 3.63) is 48.0 Å². The number of esters is 2. The molecule has 2 aliphatic heterocycles. The minimum absolute atomic E-state index is 0.254. The maximum atomic E-state index is 11.6. The molecule has 8 nitrogen and oxygen atoms in total. The van der Waals surface area contributed by atoms with Crippen molar-refractivity contribution in [2.75, 3.05) is 20.1 Å². The van der Waals surface area contributed by atoms with Gasteiger partial charge in [0.1, 0.15) is 17.8 Å². The summed E-state index contributed by atoms with van der Waals surface area (Å²) in [7, 11) is 1.69. The second-order valence-electron chi connectivity index (χ2n) is 9.01. The quantitative estimate of drug-likeness (QED) is 0.298. The molecule has 3 aliphatic rings. The molecule has 2 unspecified atom stereocenters. The van der Waals surface area contributed by atoms with E-state index >= 15 is 0 Å². The molecule has 1 saturated heterocycles. The van der Waals surface area contributed by atoms with Crippen LogP contribution in [0.5, 0.6) is 0 Å². The van der Waals surface area contributed by atoms with Gasteiger partial charge in [-0.05, 0) is 30.0 Å². The minimum Gasteiger partial charge on any atom is -0.458 e. The smallest absolute Gasteiger partial charge is 0.303 e. The fourth-order valence-electron chi connectivity index (χ4n) is 5.27. The first-order valence-electron chi connectivity index (χ1n) is 11.4. The Morgan fingerprint density at radius 2 is 1.73 bits per heavy atom. The Bertz CT molecular complexity index is 926. The molecule has 4 rings (SSSR count). The van der Waals surface area contributed by atoms with Gasteiger partial charge in [-0.15, -0.1) is 0 Å². The highest BCUT2D eigenvalue weighted by atomic mass is 16.6. The maximum Gasteiger partial charge on any atom is 0.303 e. The molecule has 2 atom stereocenters. The Hall–Kier alpha value is -2.87. The van der Waals surface area contributed by atoms with E-state index in [1.165, 1.54) is 25.0 Å². The summed E-state index contributed by atoms with van der Waals surface area (Å²) in [5.74, 6) is -0.862. The van der Waals surface area contributed by atoms with Gasteiger partial charge in [-0.25, -0.2) is 4.99 Å². The van der Waals surface area contributed by atoms with Crippen molar-refractivity contribution in [2.45, 2.75) is 69.5 Å². The zero-order valence-electron chi connectivity index (χ0n) is 19.5. The van der Waals surface area contributed by atoms with Crippen LogP contribution in [0.3, 0.4) is 0 Å². The highest BCUT2D eigenvalue weighted by molar-refractivity contribution is 5.75. The lowest BCUT2D eigenvalue weighted by atomic mass is 9.84. The van der Waals surface area contributed by atoms with Crippen molar-refractivity contribution >= 4 is 18.0 Å². The summed E-state index contributed by atoms with van der Waals surface area (Å²) in [6.07, 6.45) is 2.83. The lowest BCUT2D eigenvalue weighted by Crippen LogP contribution is -2.48. The van der Waals surface area contributed by atoms with Crippen molar-refractivity contribution in [3.8, 4) is 0 Å². The number of hydrogen-bond donors (Lipinski definition) is 0. The molecule has 178 valence electrons. The number of piperidine rings is 1. The van der Waals surface area contributed by atoms with Crippen LogP contribution in [0, 0.1) is 0 Å². The van der Waals surface area contributed by atoms with Crippen LogP contribution in [0.15, 0.2) is 41.9 Å². The number of hydrogen-bond acceptors (Lipinski definition) is 7. The Morgan fingerprint density at radius 3 is 2.27 bits per heavy atom. The number of rotatable bonds is 4. The maximum absolute atomic E-state index is 11.6. The van der Waals surface area contributed by atoms with Gasteiger partial charge in [0, 0.05) is 46.8 Å². The van der Waals surface area contributed by atoms with Crippen LogP contribution >= 0.6 is 0 Å². The summed E-state index contributed by atoms with van der Waals surface area (Å²) in [6, 6.07) is 8.91. The largest absolute Gasteiger partial charge is 0.458 e. The van der Waals surface area contributed by atoms with Gasteiger partial charge in [-0.1, -0.05) is 30.8 Å². The van der Waals surface area contributed by atoms with Crippen molar-refractivity contribution in [2.24, 2.45) is 4.99 Å². The van der Waals surface area contributed by atoms with Crippen LogP contribution in [0.1, 0.15) is 50.7 Å². The fourth-order valence-corrected chi connectivity index (χ4v) is 5.27. The summed E-state index contributed by atoms with van der Waals surface area (Å²) in [5.41, 5.74) is 1.43. The van der Waals surface area contributed by atoms with Gasteiger partial charge in [0.05, 0.1) is 12.2 Å². The topological polar surface area (TPSA) is 86.7 Å². The molecule has 0 N–H and O–H groups in total. The molecule has 8 heteroatoms. The summed E-state index contributed by atoms with van der Waals surface area (Å²) in [4.78, 5) is 29.7. The first-order chi connectivity index (χ1) is 15.8. The molecular weight excluding hydrogens is 424 g/mol. The van der Waals surface area contributed by atoms with Gasteiger partial charge in [0.25, 0.3) is 6.02 Å². The average Bonchev–Trinajstić information content (AvgIpc) is 3.31. The zero-order valence-corrected chi connectivity index (χ0v) is 19.5. The number of nitrogens with zero attached hydrogens (tertiary/aromatic N) is 2. The molecule has 1 aromatic carbocycles. The number of amidine groups is 1. The zero-order chi connectivity index (χ0) is 23.6. The Kier molecular flexibility index (Phi) is 6.47. The van der Waals surface area contributed by atoms with E-state index in [4.69, 9.17) is 18.9 Å². The third-order valence-electron chi connectivity index (χ3n) is 6.85. The third-order valence-corrected chi connectivity index (χ3v) is 6.85. The molecule has 2 fully saturated rings. The molecule has 1 aliphatic carbocycles. The number of carbonyl (C=O) groups excluding carboxylic acids is 2. The molecule has 2 heterocycles. The molecular formula is C25H32N2O6. The predicted molar refractivity (Wildman–Crippen MR) is 121 cm³/mol. The van der Waals surface area contributed by atoms with Gasteiger partial charge in [-0.3, -0.25) is 9.59 Å². The summed E-state index contributed by atoms with van der Waals surface area (Å²) < 4.78 is 23.5. The van der Waals surface area contributed by atoms with E-state index in [-0.39, 0.29) is 5.60 Å². The van der Waals surface area contributed by atoms with Crippen molar-refractivity contribution < 1.29 is 28.5 Å². The van der Waals surface area contributed by atoms with Crippen LogP contribution in [0.25, 0.3) is 0 Å². The van der Waals surface area contributed by atoms with Crippen LogP contribution < -0.4 is 0 Å². The molecule has 33 heavy (non-hydrogen) atoms. The molecule has 1 saturated carbocycles. The van der Waals surface area contributed by atoms with Crippen molar-refractivity contribution in [1.82, 2.24) is 4.90 Å². The molecule has 1 aromatic rings. The highest BCUT2D eigenvalue weighted by Gasteiger charge is 2.50. The van der Waals surface area contributed by atoms with Crippen molar-refractivity contribution in [3.63, 3.8) is 0 Å². The molecule has 0 bridgehead atoms. The second kappa shape index (κ2) is 9.17. The predicted octanol–water partition coefficient (Wildman–Crippen LogP) is 3.09. The Balaban J connectivity index is 1.46. The van der Waals surface area contributed by atoms with Crippen LogP contribution in [-0.4, -0.2) is 60.8 Å². The first kappa shape index (κ1) is 23.3. The Labute approximate surface area is 194 Å². The number of aliphatic imine (C=N–C) groups is 1. The Morgan fingerprint density at radius 1 is 1.12 bits per heavy atom. The van der Waals surface area contributed by atoms with Gasteiger partial charge in [0.2, 0.25) is 0 Å². The monoisotopic (exact) mass is 456 g/mol. The van der Waals surface area contributed by atoms with Gasteiger partial charge in [0.15, 0.2) is 0 Å². The summed E-state index contributed by atoms with van der Waals surface area (Å²) in [6.45, 7) is 8.75. The molecule has 0 aromatic heterocycles. The number of fused-ring (bicyclic) bond motifs is 2. The minimum atomic E-state index is -0.860. The van der Waals surface area contributed by atoms with Gasteiger partial charge in [-0.2, -0.15) is 0 Å². The van der Waals surface area contributed by atoms with E-state index in [0.29, 0.717) is 25.5 Å². The van der Waals surface area contributed by atoms with E-state index in [1.807, 2.05) is 0 Å². The normalized spacial score (nSPS) is 28.3. The van der Waals surface area contributed by atoms with Crippen LogP contribution in [-0.2, 0) is 40.7 Å².